The van der Waals surface area contributed by atoms with Crippen LogP contribution >= 0.6 is 23.4 Å². The normalized spacial score (nSPS) is 19.3. The van der Waals surface area contributed by atoms with Gasteiger partial charge in [0.2, 0.25) is 5.06 Å². The first-order chi connectivity index (χ1) is 12.8. The van der Waals surface area contributed by atoms with Crippen LogP contribution < -0.4 is 5.73 Å². The molecular formula is C17H21ClFNO6S. The molecule has 10 heteroatoms. The van der Waals surface area contributed by atoms with Crippen LogP contribution in [-0.4, -0.2) is 42.3 Å². The van der Waals surface area contributed by atoms with Crippen molar-refractivity contribution in [2.75, 3.05) is 19.0 Å². The molecule has 0 spiro atoms. The molecule has 2 atom stereocenters. The number of carbonyl (C=O) groups is 2. The number of halogens is 2. The fourth-order valence-electron chi connectivity index (χ4n) is 2.43. The summed E-state index contributed by atoms with van der Waals surface area (Å²) in [5, 5.41) is 6.81. The highest BCUT2D eigenvalue weighted by molar-refractivity contribution is 8.00. The summed E-state index contributed by atoms with van der Waals surface area (Å²) in [6.45, 7) is 0.930. The van der Waals surface area contributed by atoms with Crippen molar-refractivity contribution in [1.82, 2.24) is 0 Å². The van der Waals surface area contributed by atoms with E-state index in [1.165, 1.54) is 12.1 Å². The van der Waals surface area contributed by atoms with Crippen molar-refractivity contribution >= 4 is 35.3 Å². The number of ether oxygens (including phenoxy) is 3. The molecular weight excluding hydrogens is 401 g/mol. The molecule has 1 aliphatic rings. The highest BCUT2D eigenvalue weighted by Crippen LogP contribution is 2.35. The maximum Gasteiger partial charge on any atom is 0.319 e. The van der Waals surface area contributed by atoms with Crippen LogP contribution in [0, 0.1) is 5.82 Å². The summed E-state index contributed by atoms with van der Waals surface area (Å²) in [6, 6.07) is 3.66. The molecule has 0 bridgehead atoms. The van der Waals surface area contributed by atoms with Gasteiger partial charge in [-0.05, 0) is 37.5 Å². The van der Waals surface area contributed by atoms with E-state index < -0.39 is 29.2 Å². The standard InChI is InChI=1S/C17H21ClFNO6S/c18-12-9-11(4-5-13(12)19)17(20,26-15(23)10-14(21)22)27-8-7-25-16-3-1-2-6-24-16/h4-5,9,16H,1-3,6-8,10,20H2,(H,21,22). The number of carboxylic acid groups (broad SMARTS) is 1. The van der Waals surface area contributed by atoms with Crippen LogP contribution in [-0.2, 0) is 28.9 Å². The third-order valence-electron chi connectivity index (χ3n) is 3.72. The lowest BCUT2D eigenvalue weighted by Gasteiger charge is -2.29. The molecule has 0 aliphatic carbocycles. The van der Waals surface area contributed by atoms with Gasteiger partial charge in [-0.15, -0.1) is 0 Å². The SMILES string of the molecule is NC(OC(=O)CC(=O)O)(SCCOC1CCCCO1)c1ccc(F)c(Cl)c1. The van der Waals surface area contributed by atoms with Gasteiger partial charge in [-0.2, -0.15) is 0 Å². The minimum Gasteiger partial charge on any atom is -0.481 e. The number of hydrogen-bond donors (Lipinski definition) is 2. The number of aliphatic carboxylic acids is 1. The van der Waals surface area contributed by atoms with E-state index in [1.807, 2.05) is 0 Å². The van der Waals surface area contributed by atoms with E-state index in [1.54, 1.807) is 0 Å². The van der Waals surface area contributed by atoms with Gasteiger partial charge in [-0.1, -0.05) is 23.4 Å². The lowest BCUT2D eigenvalue weighted by molar-refractivity contribution is -0.160. The largest absolute Gasteiger partial charge is 0.481 e. The number of hydrogen-bond acceptors (Lipinski definition) is 7. The zero-order chi connectivity index (χ0) is 19.9. The van der Waals surface area contributed by atoms with Crippen molar-refractivity contribution in [3.8, 4) is 0 Å². The molecule has 2 unspecified atom stereocenters. The molecule has 1 aromatic rings. The first kappa shape index (κ1) is 21.9. The number of carbonyl (C=O) groups excluding carboxylic acids is 1. The summed E-state index contributed by atoms with van der Waals surface area (Å²) in [6.07, 6.45) is 1.71. The van der Waals surface area contributed by atoms with Crippen molar-refractivity contribution in [2.24, 2.45) is 5.73 Å². The molecule has 2 rings (SSSR count). The van der Waals surface area contributed by atoms with Gasteiger partial charge < -0.3 is 19.3 Å². The average Bonchev–Trinajstić information content (AvgIpc) is 2.61. The number of esters is 1. The minimum absolute atomic E-state index is 0.191. The number of thioether (sulfide) groups is 1. The number of nitrogens with two attached hydrogens (primary N) is 1. The Labute approximate surface area is 165 Å². The zero-order valence-electron chi connectivity index (χ0n) is 14.5. The number of carboxylic acids is 1. The maximum absolute atomic E-state index is 13.4. The van der Waals surface area contributed by atoms with E-state index in [4.69, 9.17) is 36.7 Å². The average molecular weight is 422 g/mol. The molecule has 150 valence electrons. The van der Waals surface area contributed by atoms with Crippen molar-refractivity contribution in [1.29, 1.82) is 0 Å². The third-order valence-corrected chi connectivity index (χ3v) is 5.13. The van der Waals surface area contributed by atoms with E-state index in [0.29, 0.717) is 12.4 Å². The van der Waals surface area contributed by atoms with Gasteiger partial charge in [0.05, 0.1) is 11.6 Å². The van der Waals surface area contributed by atoms with Crippen molar-refractivity contribution in [3.63, 3.8) is 0 Å². The molecule has 1 fully saturated rings. The van der Waals surface area contributed by atoms with E-state index in [9.17, 15) is 14.0 Å². The van der Waals surface area contributed by atoms with Crippen molar-refractivity contribution in [3.05, 3.63) is 34.6 Å². The summed E-state index contributed by atoms with van der Waals surface area (Å²) in [7, 11) is 0. The van der Waals surface area contributed by atoms with E-state index in [-0.39, 0.29) is 23.5 Å². The number of benzene rings is 1. The van der Waals surface area contributed by atoms with Crippen LogP contribution in [0.4, 0.5) is 4.39 Å². The molecule has 1 saturated heterocycles. The van der Waals surface area contributed by atoms with Crippen LogP contribution in [0.1, 0.15) is 31.2 Å². The van der Waals surface area contributed by atoms with Gasteiger partial charge >= 0.3 is 11.9 Å². The monoisotopic (exact) mass is 421 g/mol. The molecule has 1 aromatic carbocycles. The molecule has 1 aliphatic heterocycles. The summed E-state index contributed by atoms with van der Waals surface area (Å²) in [4.78, 5) is 22.5. The molecule has 0 saturated carbocycles. The Kier molecular flexibility index (Phi) is 8.30. The predicted molar refractivity (Wildman–Crippen MR) is 97.6 cm³/mol. The van der Waals surface area contributed by atoms with Gasteiger partial charge in [-0.25, -0.2) is 4.39 Å². The van der Waals surface area contributed by atoms with Gasteiger partial charge in [0, 0.05) is 17.9 Å². The maximum atomic E-state index is 13.4. The van der Waals surface area contributed by atoms with Gasteiger partial charge in [0.1, 0.15) is 12.2 Å². The molecule has 1 heterocycles. The second kappa shape index (κ2) is 10.2. The Bertz CT molecular complexity index is 673. The molecule has 0 aromatic heterocycles. The van der Waals surface area contributed by atoms with Crippen LogP contribution in [0.3, 0.4) is 0 Å². The molecule has 7 nitrogen and oxygen atoms in total. The fraction of sp³-hybridized carbons (Fsp3) is 0.529. The van der Waals surface area contributed by atoms with Crippen molar-refractivity contribution in [2.45, 2.75) is 37.0 Å². The predicted octanol–water partition coefficient (Wildman–Crippen LogP) is 2.84. The summed E-state index contributed by atoms with van der Waals surface area (Å²) in [5.41, 5.74) is 6.42. The second-order valence-electron chi connectivity index (χ2n) is 5.86. The van der Waals surface area contributed by atoms with Crippen molar-refractivity contribution < 1.29 is 33.3 Å². The lowest BCUT2D eigenvalue weighted by atomic mass is 10.2. The summed E-state index contributed by atoms with van der Waals surface area (Å²) in [5.74, 6) is -2.69. The Balaban J connectivity index is 2.02. The summed E-state index contributed by atoms with van der Waals surface area (Å²) < 4.78 is 29.7. The topological polar surface area (TPSA) is 108 Å². The molecule has 3 N–H and O–H groups in total. The smallest absolute Gasteiger partial charge is 0.319 e. The Morgan fingerprint density at radius 2 is 2.22 bits per heavy atom. The van der Waals surface area contributed by atoms with Crippen LogP contribution in [0.5, 0.6) is 0 Å². The highest BCUT2D eigenvalue weighted by atomic mass is 35.5. The van der Waals surface area contributed by atoms with Gasteiger partial charge in [-0.3, -0.25) is 15.3 Å². The Morgan fingerprint density at radius 1 is 1.44 bits per heavy atom. The van der Waals surface area contributed by atoms with Crippen LogP contribution in [0.2, 0.25) is 5.02 Å². The van der Waals surface area contributed by atoms with Crippen LogP contribution in [0.25, 0.3) is 0 Å². The zero-order valence-corrected chi connectivity index (χ0v) is 16.1. The first-order valence-electron chi connectivity index (χ1n) is 8.35. The summed E-state index contributed by atoms with van der Waals surface area (Å²) >= 11 is 6.80. The van der Waals surface area contributed by atoms with E-state index in [0.717, 1.165) is 37.1 Å². The first-order valence-corrected chi connectivity index (χ1v) is 9.72. The Morgan fingerprint density at radius 3 is 2.85 bits per heavy atom. The Hall–Kier alpha value is -1.39. The van der Waals surface area contributed by atoms with Gasteiger partial charge in [0.15, 0.2) is 6.29 Å². The second-order valence-corrected chi connectivity index (χ2v) is 7.57. The van der Waals surface area contributed by atoms with E-state index in [2.05, 4.69) is 0 Å². The highest BCUT2D eigenvalue weighted by Gasteiger charge is 2.34. The quantitative estimate of drug-likeness (QED) is 0.271. The minimum atomic E-state index is -1.74. The van der Waals surface area contributed by atoms with Crippen LogP contribution in [0.15, 0.2) is 18.2 Å². The molecule has 27 heavy (non-hydrogen) atoms. The third kappa shape index (κ3) is 6.93. The van der Waals surface area contributed by atoms with E-state index >= 15 is 0 Å². The van der Waals surface area contributed by atoms with Gasteiger partial charge in [0.25, 0.3) is 0 Å². The molecule has 0 amide bonds. The number of rotatable bonds is 9. The lowest BCUT2D eigenvalue weighted by Crippen LogP contribution is -2.39. The fourth-order valence-corrected chi connectivity index (χ4v) is 3.54. The molecule has 0 radical (unpaired) electrons.